The van der Waals surface area contributed by atoms with Gasteiger partial charge in [-0.2, -0.15) is 5.10 Å². The van der Waals surface area contributed by atoms with Crippen molar-refractivity contribution in [2.24, 2.45) is 18.7 Å². The van der Waals surface area contributed by atoms with Gasteiger partial charge in [-0.1, -0.05) is 6.92 Å². The van der Waals surface area contributed by atoms with Crippen molar-refractivity contribution in [2.45, 2.75) is 38.3 Å². The monoisotopic (exact) mass is 236 g/mol. The fourth-order valence-corrected chi connectivity index (χ4v) is 3.05. The molecule has 2 N–H and O–H groups in total. The standard InChI is InChI=1S/C13H24N4/c1-11-4-5-13(6-11,10-14)16(2)8-12-7-15-17(3)9-12/h7,9,11H,4-6,8,10,14H2,1-3H3. The van der Waals surface area contributed by atoms with Crippen molar-refractivity contribution in [1.82, 2.24) is 14.7 Å². The summed E-state index contributed by atoms with van der Waals surface area (Å²) in [5, 5.41) is 4.22. The average Bonchev–Trinajstić information content (AvgIpc) is 2.86. The van der Waals surface area contributed by atoms with Crippen LogP contribution < -0.4 is 5.73 Å². The van der Waals surface area contributed by atoms with Gasteiger partial charge in [0.25, 0.3) is 0 Å². The predicted molar refractivity (Wildman–Crippen MR) is 69.5 cm³/mol. The van der Waals surface area contributed by atoms with Gasteiger partial charge in [0.1, 0.15) is 0 Å². The SMILES string of the molecule is CC1CCC(CN)(N(C)Cc2cnn(C)c2)C1. The molecule has 1 heterocycles. The Hall–Kier alpha value is -0.870. The first-order valence-corrected chi connectivity index (χ1v) is 6.44. The van der Waals surface area contributed by atoms with Crippen molar-refractivity contribution in [3.8, 4) is 0 Å². The van der Waals surface area contributed by atoms with Gasteiger partial charge < -0.3 is 5.73 Å². The summed E-state index contributed by atoms with van der Waals surface area (Å²) >= 11 is 0. The van der Waals surface area contributed by atoms with E-state index in [-0.39, 0.29) is 5.54 Å². The minimum Gasteiger partial charge on any atom is -0.329 e. The minimum atomic E-state index is 0.204. The summed E-state index contributed by atoms with van der Waals surface area (Å²) in [6, 6.07) is 0. The maximum absolute atomic E-state index is 6.03. The summed E-state index contributed by atoms with van der Waals surface area (Å²) in [6.07, 6.45) is 7.77. The average molecular weight is 236 g/mol. The molecule has 1 fully saturated rings. The molecule has 0 amide bonds. The van der Waals surface area contributed by atoms with Crippen LogP contribution in [0.1, 0.15) is 31.7 Å². The van der Waals surface area contributed by atoms with Crippen LogP contribution in [-0.4, -0.2) is 33.8 Å². The van der Waals surface area contributed by atoms with E-state index in [2.05, 4.69) is 30.2 Å². The molecule has 17 heavy (non-hydrogen) atoms. The number of rotatable bonds is 4. The van der Waals surface area contributed by atoms with Gasteiger partial charge in [-0.15, -0.1) is 0 Å². The van der Waals surface area contributed by atoms with Crippen molar-refractivity contribution in [2.75, 3.05) is 13.6 Å². The van der Waals surface area contributed by atoms with Crippen LogP contribution in [-0.2, 0) is 13.6 Å². The Morgan fingerprint density at radius 1 is 1.65 bits per heavy atom. The fraction of sp³-hybridized carbons (Fsp3) is 0.769. The molecule has 2 atom stereocenters. The van der Waals surface area contributed by atoms with Crippen molar-refractivity contribution in [1.29, 1.82) is 0 Å². The Kier molecular flexibility index (Phi) is 3.54. The topological polar surface area (TPSA) is 47.1 Å². The number of hydrogen-bond acceptors (Lipinski definition) is 3. The highest BCUT2D eigenvalue weighted by atomic mass is 15.3. The van der Waals surface area contributed by atoms with Crippen LogP contribution in [0.2, 0.25) is 0 Å². The molecular weight excluding hydrogens is 212 g/mol. The predicted octanol–water partition coefficient (Wildman–Crippen LogP) is 1.37. The van der Waals surface area contributed by atoms with E-state index in [0.29, 0.717) is 0 Å². The summed E-state index contributed by atoms with van der Waals surface area (Å²) in [7, 11) is 4.15. The number of nitrogens with zero attached hydrogens (tertiary/aromatic N) is 3. The van der Waals surface area contributed by atoms with Crippen LogP contribution in [0.25, 0.3) is 0 Å². The second kappa shape index (κ2) is 4.78. The molecule has 96 valence electrons. The van der Waals surface area contributed by atoms with Gasteiger partial charge in [0, 0.05) is 37.4 Å². The molecule has 2 unspecified atom stereocenters. The van der Waals surface area contributed by atoms with Crippen LogP contribution in [0, 0.1) is 5.92 Å². The lowest BCUT2D eigenvalue weighted by atomic mass is 9.94. The quantitative estimate of drug-likeness (QED) is 0.859. The Balaban J connectivity index is 2.05. The van der Waals surface area contributed by atoms with Crippen LogP contribution in [0.5, 0.6) is 0 Å². The van der Waals surface area contributed by atoms with E-state index in [1.54, 1.807) is 0 Å². The number of aromatic nitrogens is 2. The molecule has 1 aromatic heterocycles. The van der Waals surface area contributed by atoms with Gasteiger partial charge in [-0.05, 0) is 32.2 Å². The maximum atomic E-state index is 6.03. The molecule has 1 saturated carbocycles. The minimum absolute atomic E-state index is 0.204. The molecule has 4 nitrogen and oxygen atoms in total. The fourth-order valence-electron chi connectivity index (χ4n) is 3.05. The second-order valence-electron chi connectivity index (χ2n) is 5.65. The largest absolute Gasteiger partial charge is 0.329 e. The van der Waals surface area contributed by atoms with E-state index >= 15 is 0 Å². The third-order valence-electron chi connectivity index (χ3n) is 4.20. The smallest absolute Gasteiger partial charge is 0.0534 e. The molecule has 0 aromatic carbocycles. The first-order chi connectivity index (χ1) is 8.05. The molecule has 2 rings (SSSR count). The zero-order valence-corrected chi connectivity index (χ0v) is 11.2. The lowest BCUT2D eigenvalue weighted by Gasteiger charge is -2.38. The lowest BCUT2D eigenvalue weighted by molar-refractivity contribution is 0.120. The Morgan fingerprint density at radius 2 is 2.41 bits per heavy atom. The van der Waals surface area contributed by atoms with Gasteiger partial charge in [0.05, 0.1) is 6.20 Å². The van der Waals surface area contributed by atoms with Crippen molar-refractivity contribution >= 4 is 0 Å². The lowest BCUT2D eigenvalue weighted by Crippen LogP contribution is -2.49. The van der Waals surface area contributed by atoms with Crippen LogP contribution >= 0.6 is 0 Å². The summed E-state index contributed by atoms with van der Waals surface area (Å²) in [5.74, 6) is 0.801. The van der Waals surface area contributed by atoms with Gasteiger partial charge in [0.2, 0.25) is 0 Å². The van der Waals surface area contributed by atoms with Gasteiger partial charge in [0.15, 0.2) is 0 Å². The second-order valence-corrected chi connectivity index (χ2v) is 5.65. The molecule has 4 heteroatoms. The van der Waals surface area contributed by atoms with Crippen molar-refractivity contribution < 1.29 is 0 Å². The zero-order chi connectivity index (χ0) is 12.5. The molecule has 1 aliphatic rings. The normalized spacial score (nSPS) is 29.1. The van der Waals surface area contributed by atoms with Crippen molar-refractivity contribution in [3.05, 3.63) is 18.0 Å². The third-order valence-corrected chi connectivity index (χ3v) is 4.20. The van der Waals surface area contributed by atoms with Crippen LogP contribution in [0.3, 0.4) is 0 Å². The molecule has 0 saturated heterocycles. The van der Waals surface area contributed by atoms with E-state index in [4.69, 9.17) is 5.73 Å². The highest BCUT2D eigenvalue weighted by Gasteiger charge is 2.39. The summed E-state index contributed by atoms with van der Waals surface area (Å²) < 4.78 is 1.86. The van der Waals surface area contributed by atoms with Gasteiger partial charge in [-0.25, -0.2) is 0 Å². The van der Waals surface area contributed by atoms with Crippen LogP contribution in [0.15, 0.2) is 12.4 Å². The summed E-state index contributed by atoms with van der Waals surface area (Å²) in [6.45, 7) is 4.03. The molecule has 1 aliphatic carbocycles. The van der Waals surface area contributed by atoms with E-state index in [1.807, 2.05) is 17.9 Å². The number of likely N-dealkylation sites (N-methyl/N-ethyl adjacent to an activating group) is 1. The van der Waals surface area contributed by atoms with E-state index in [9.17, 15) is 0 Å². The van der Waals surface area contributed by atoms with Gasteiger partial charge >= 0.3 is 0 Å². The van der Waals surface area contributed by atoms with E-state index in [0.717, 1.165) is 19.0 Å². The van der Waals surface area contributed by atoms with E-state index in [1.165, 1.54) is 24.8 Å². The zero-order valence-electron chi connectivity index (χ0n) is 11.2. The van der Waals surface area contributed by atoms with Crippen LogP contribution in [0.4, 0.5) is 0 Å². The Labute approximate surface area is 104 Å². The molecule has 1 aromatic rings. The molecule has 0 bridgehead atoms. The third kappa shape index (κ3) is 2.53. The Morgan fingerprint density at radius 3 is 2.88 bits per heavy atom. The first-order valence-electron chi connectivity index (χ1n) is 6.44. The summed E-state index contributed by atoms with van der Waals surface area (Å²) in [5.41, 5.74) is 7.50. The van der Waals surface area contributed by atoms with E-state index < -0.39 is 0 Å². The Bertz CT molecular complexity index is 373. The highest BCUT2D eigenvalue weighted by Crippen LogP contribution is 2.38. The molecular formula is C13H24N4. The van der Waals surface area contributed by atoms with Gasteiger partial charge in [-0.3, -0.25) is 9.58 Å². The number of hydrogen-bond donors (Lipinski definition) is 1. The highest BCUT2D eigenvalue weighted by molar-refractivity contribution is 5.06. The molecule has 0 radical (unpaired) electrons. The van der Waals surface area contributed by atoms with Crippen molar-refractivity contribution in [3.63, 3.8) is 0 Å². The molecule has 0 aliphatic heterocycles. The number of nitrogens with two attached hydrogens (primary N) is 1. The first kappa shape index (κ1) is 12.6. The molecule has 0 spiro atoms. The number of aryl methyl sites for hydroxylation is 1. The summed E-state index contributed by atoms with van der Waals surface area (Å²) in [4.78, 5) is 2.42. The maximum Gasteiger partial charge on any atom is 0.0534 e.